The Morgan fingerprint density at radius 2 is 0.568 bits per heavy atom. The summed E-state index contributed by atoms with van der Waals surface area (Å²) in [6.45, 7) is 9.32. The topological polar surface area (TPSA) is 237 Å². The standard InChI is InChI=1S/C62H120O17P2/c1-7-9-11-30-38-44-59(64)72-50-57(78-61(66)46-40-31-12-10-8-2)52-76-80(68,69)74-48-56(63)49-75-81(70,71)77-53-58(51-73-60(65)45-39-34-28-24-21-20-23-27-33-37-43-55(5)6)79-62(67)47-41-35-29-25-19-17-15-13-14-16-18-22-26-32-36-42-54(3)4/h54-58,63H,7-53H2,1-6H3,(H,68,69)(H,70,71)/t56-,57+,58+/m0/s1. The number of phosphoric acid groups is 2. The van der Waals surface area contributed by atoms with Gasteiger partial charge in [0.2, 0.25) is 0 Å². The number of hydrogen-bond acceptors (Lipinski definition) is 15. The summed E-state index contributed by atoms with van der Waals surface area (Å²) in [4.78, 5) is 71.6. The summed E-state index contributed by atoms with van der Waals surface area (Å²) in [6, 6.07) is 0. The molecule has 81 heavy (non-hydrogen) atoms. The third kappa shape index (κ3) is 56.9. The normalized spacial score (nSPS) is 14.4. The molecule has 0 saturated heterocycles. The minimum atomic E-state index is -4.94. The largest absolute Gasteiger partial charge is 0.472 e. The second-order valence-electron chi connectivity index (χ2n) is 23.4. The Hall–Kier alpha value is -1.94. The van der Waals surface area contributed by atoms with Crippen LogP contribution >= 0.6 is 15.6 Å². The molecule has 0 heterocycles. The number of unbranched alkanes of at least 4 members (excludes halogenated alkanes) is 31. The van der Waals surface area contributed by atoms with Gasteiger partial charge in [-0.3, -0.25) is 37.3 Å². The van der Waals surface area contributed by atoms with E-state index in [0.717, 1.165) is 108 Å². The Balaban J connectivity index is 5.09. The summed E-state index contributed by atoms with van der Waals surface area (Å²) < 4.78 is 67.5. The molecule has 0 spiro atoms. The first-order valence-electron chi connectivity index (χ1n) is 32.5. The lowest BCUT2D eigenvalue weighted by Crippen LogP contribution is -2.30. The zero-order valence-corrected chi connectivity index (χ0v) is 53.9. The first-order chi connectivity index (χ1) is 38.9. The van der Waals surface area contributed by atoms with Crippen LogP contribution in [0.3, 0.4) is 0 Å². The third-order valence-electron chi connectivity index (χ3n) is 14.2. The lowest BCUT2D eigenvalue weighted by Gasteiger charge is -2.21. The average Bonchev–Trinajstić information content (AvgIpc) is 3.42. The molecule has 3 N–H and O–H groups in total. The number of rotatable bonds is 61. The van der Waals surface area contributed by atoms with Gasteiger partial charge in [-0.05, 0) is 37.5 Å². The molecule has 19 heteroatoms. The van der Waals surface area contributed by atoms with Crippen LogP contribution in [0, 0.1) is 11.8 Å². The van der Waals surface area contributed by atoms with E-state index in [0.29, 0.717) is 25.7 Å². The number of esters is 4. The van der Waals surface area contributed by atoms with Crippen molar-refractivity contribution in [1.82, 2.24) is 0 Å². The molecular formula is C62H120O17P2. The molecule has 0 aromatic rings. The van der Waals surface area contributed by atoms with Crippen LogP contribution < -0.4 is 0 Å². The number of carbonyl (C=O) groups is 4. The summed E-state index contributed by atoms with van der Waals surface area (Å²) in [5.74, 6) is -0.597. The molecule has 0 aliphatic carbocycles. The van der Waals surface area contributed by atoms with Crippen LogP contribution in [0.1, 0.15) is 305 Å². The minimum Gasteiger partial charge on any atom is -0.462 e. The van der Waals surface area contributed by atoms with Crippen molar-refractivity contribution in [3.05, 3.63) is 0 Å². The molecule has 0 aliphatic rings. The van der Waals surface area contributed by atoms with Crippen molar-refractivity contribution >= 4 is 39.5 Å². The average molecular weight is 1200 g/mol. The van der Waals surface area contributed by atoms with Crippen LogP contribution in [-0.2, 0) is 65.4 Å². The van der Waals surface area contributed by atoms with Gasteiger partial charge in [0.15, 0.2) is 12.2 Å². The molecule has 0 fully saturated rings. The van der Waals surface area contributed by atoms with Crippen molar-refractivity contribution in [2.75, 3.05) is 39.6 Å². The van der Waals surface area contributed by atoms with Crippen LogP contribution in [0.2, 0.25) is 0 Å². The molecule has 17 nitrogen and oxygen atoms in total. The lowest BCUT2D eigenvalue weighted by atomic mass is 10.0. The number of phosphoric ester groups is 2. The number of ether oxygens (including phenoxy) is 4. The van der Waals surface area contributed by atoms with Gasteiger partial charge in [0, 0.05) is 25.7 Å². The molecule has 0 aliphatic heterocycles. The molecule has 480 valence electrons. The number of aliphatic hydroxyl groups is 1. The van der Waals surface area contributed by atoms with Crippen molar-refractivity contribution in [3.8, 4) is 0 Å². The summed E-state index contributed by atoms with van der Waals surface area (Å²) in [5.41, 5.74) is 0. The Morgan fingerprint density at radius 3 is 0.840 bits per heavy atom. The number of aliphatic hydroxyl groups excluding tert-OH is 1. The van der Waals surface area contributed by atoms with Crippen LogP contribution in [0.5, 0.6) is 0 Å². The molecule has 0 aromatic carbocycles. The zero-order chi connectivity index (χ0) is 60.1. The van der Waals surface area contributed by atoms with Crippen molar-refractivity contribution in [2.45, 2.75) is 323 Å². The van der Waals surface area contributed by atoms with E-state index in [1.807, 2.05) is 0 Å². The van der Waals surface area contributed by atoms with E-state index in [9.17, 15) is 43.2 Å². The third-order valence-corrected chi connectivity index (χ3v) is 16.1. The SMILES string of the molecule is CCCCCCCC(=O)OC[C@H](COP(=O)(O)OC[C@H](O)COP(=O)(O)OC[C@@H](COC(=O)CCCCCCCCCCCCC(C)C)OC(=O)CCCCCCCCCCCCCCCCCC(C)C)OC(=O)CCCCCCC. The van der Waals surface area contributed by atoms with E-state index in [1.165, 1.54) is 116 Å². The highest BCUT2D eigenvalue weighted by atomic mass is 31.2. The van der Waals surface area contributed by atoms with Gasteiger partial charge in [-0.15, -0.1) is 0 Å². The number of hydrogen-bond donors (Lipinski definition) is 3. The molecule has 0 rings (SSSR count). The van der Waals surface area contributed by atoms with Gasteiger partial charge < -0.3 is 33.8 Å². The molecule has 5 atom stereocenters. The van der Waals surface area contributed by atoms with Crippen LogP contribution in [-0.4, -0.2) is 96.7 Å². The Bertz CT molecular complexity index is 1600. The summed E-state index contributed by atoms with van der Waals surface area (Å²) in [5, 5.41) is 10.5. The summed E-state index contributed by atoms with van der Waals surface area (Å²) >= 11 is 0. The van der Waals surface area contributed by atoms with Crippen molar-refractivity contribution in [3.63, 3.8) is 0 Å². The van der Waals surface area contributed by atoms with E-state index >= 15 is 0 Å². The van der Waals surface area contributed by atoms with E-state index < -0.39 is 97.5 Å². The Labute approximate surface area is 492 Å². The summed E-state index contributed by atoms with van der Waals surface area (Å²) in [7, 11) is -9.86. The molecule has 0 saturated carbocycles. The maximum atomic E-state index is 13.0. The predicted octanol–water partition coefficient (Wildman–Crippen LogP) is 16.9. The second-order valence-corrected chi connectivity index (χ2v) is 26.3. The van der Waals surface area contributed by atoms with Gasteiger partial charge in [-0.2, -0.15) is 0 Å². The van der Waals surface area contributed by atoms with Gasteiger partial charge in [-0.1, -0.05) is 253 Å². The number of carbonyl (C=O) groups excluding carboxylic acids is 4. The van der Waals surface area contributed by atoms with Gasteiger partial charge in [0.1, 0.15) is 19.3 Å². The quantitative estimate of drug-likeness (QED) is 0.0222. The minimum absolute atomic E-state index is 0.0986. The van der Waals surface area contributed by atoms with Crippen LogP contribution in [0.4, 0.5) is 0 Å². The zero-order valence-electron chi connectivity index (χ0n) is 52.1. The highest BCUT2D eigenvalue weighted by Gasteiger charge is 2.30. The maximum Gasteiger partial charge on any atom is 0.472 e. The van der Waals surface area contributed by atoms with Gasteiger partial charge in [0.25, 0.3) is 0 Å². The molecule has 2 unspecified atom stereocenters. The van der Waals surface area contributed by atoms with Crippen LogP contribution in [0.15, 0.2) is 0 Å². The van der Waals surface area contributed by atoms with Crippen molar-refractivity contribution in [2.24, 2.45) is 11.8 Å². The molecule has 0 amide bonds. The first-order valence-corrected chi connectivity index (χ1v) is 35.5. The molecule has 0 aromatic heterocycles. The fourth-order valence-corrected chi connectivity index (χ4v) is 10.8. The van der Waals surface area contributed by atoms with Gasteiger partial charge >= 0.3 is 39.5 Å². The predicted molar refractivity (Wildman–Crippen MR) is 321 cm³/mol. The molecule has 0 radical (unpaired) electrons. The first kappa shape index (κ1) is 79.1. The van der Waals surface area contributed by atoms with Gasteiger partial charge in [0.05, 0.1) is 26.4 Å². The van der Waals surface area contributed by atoms with Crippen molar-refractivity contribution < 1.29 is 80.2 Å². The monoisotopic (exact) mass is 1200 g/mol. The van der Waals surface area contributed by atoms with Crippen LogP contribution in [0.25, 0.3) is 0 Å². The fraction of sp³-hybridized carbons (Fsp3) is 0.935. The molecule has 0 bridgehead atoms. The Kier molecular flexibility index (Phi) is 53.4. The van der Waals surface area contributed by atoms with Crippen molar-refractivity contribution in [1.29, 1.82) is 0 Å². The highest BCUT2D eigenvalue weighted by Crippen LogP contribution is 2.45. The fourth-order valence-electron chi connectivity index (χ4n) is 9.18. The Morgan fingerprint density at radius 1 is 0.333 bits per heavy atom. The van der Waals surface area contributed by atoms with E-state index in [1.54, 1.807) is 0 Å². The van der Waals surface area contributed by atoms with E-state index in [4.69, 9.17) is 37.0 Å². The highest BCUT2D eigenvalue weighted by molar-refractivity contribution is 7.47. The van der Waals surface area contributed by atoms with E-state index in [2.05, 4.69) is 41.5 Å². The molecular weight excluding hydrogens is 1080 g/mol. The maximum absolute atomic E-state index is 13.0. The van der Waals surface area contributed by atoms with Gasteiger partial charge in [-0.25, -0.2) is 9.13 Å². The summed E-state index contributed by atoms with van der Waals surface area (Å²) in [6.07, 6.45) is 37.0. The lowest BCUT2D eigenvalue weighted by molar-refractivity contribution is -0.161. The second kappa shape index (κ2) is 54.7. The smallest absolute Gasteiger partial charge is 0.462 e. The van der Waals surface area contributed by atoms with E-state index in [-0.39, 0.29) is 25.7 Å².